The molecule has 3 rings (SSSR count). The van der Waals surface area contributed by atoms with Gasteiger partial charge in [0.1, 0.15) is 6.04 Å². The first-order valence-electron chi connectivity index (χ1n) is 5.88. The summed E-state index contributed by atoms with van der Waals surface area (Å²) >= 11 is 0. The van der Waals surface area contributed by atoms with Crippen LogP contribution < -0.4 is 15.9 Å². The molecule has 4 heteroatoms. The van der Waals surface area contributed by atoms with E-state index in [2.05, 4.69) is 10.3 Å². The largest absolute Gasteiger partial charge is 0.480 e. The Kier molecular flexibility index (Phi) is 2.44. The number of benzene rings is 1. The summed E-state index contributed by atoms with van der Waals surface area (Å²) < 4.78 is 0. The molecule has 0 spiro atoms. The molecule has 4 nitrogen and oxygen atoms in total. The summed E-state index contributed by atoms with van der Waals surface area (Å²) in [4.78, 5) is 15.8. The molecule has 1 aromatic carbocycles. The number of nitrogens with zero attached hydrogens (tertiary/aromatic N) is 1. The fraction of sp³-hybridized carbons (Fsp3) is 0.385. The van der Waals surface area contributed by atoms with Crippen LogP contribution in [0, 0.1) is 0 Å². The fourth-order valence-corrected chi connectivity index (χ4v) is 2.63. The van der Waals surface area contributed by atoms with E-state index in [9.17, 15) is 4.79 Å². The van der Waals surface area contributed by atoms with Crippen molar-refractivity contribution < 1.29 is 9.90 Å². The van der Waals surface area contributed by atoms with Gasteiger partial charge in [-0.15, -0.1) is 0 Å². The maximum Gasteiger partial charge on any atom is 0.321 e. The second-order valence-corrected chi connectivity index (χ2v) is 4.53. The average Bonchev–Trinajstić information content (AvgIpc) is 2.53. The first-order chi connectivity index (χ1) is 8.25. The molecule has 2 atom stereocenters. The Balaban J connectivity index is 2.10. The molecule has 1 saturated heterocycles. The number of nitrogens with one attached hydrogen (secondary N) is 1. The molecular weight excluding hydrogens is 216 g/mol. The molecule has 2 aliphatic heterocycles. The van der Waals surface area contributed by atoms with Crippen LogP contribution in [0.2, 0.25) is 0 Å². The van der Waals surface area contributed by atoms with E-state index < -0.39 is 12.0 Å². The fourth-order valence-electron chi connectivity index (χ4n) is 2.63. The molecule has 2 aliphatic rings. The summed E-state index contributed by atoms with van der Waals surface area (Å²) in [5.41, 5.74) is 1.18. The van der Waals surface area contributed by atoms with Gasteiger partial charge < -0.3 is 10.4 Å². The lowest BCUT2D eigenvalue weighted by molar-refractivity contribution is -0.139. The summed E-state index contributed by atoms with van der Waals surface area (Å²) in [6.07, 6.45) is 1.44. The van der Waals surface area contributed by atoms with Crippen LogP contribution in [0.15, 0.2) is 29.3 Å². The van der Waals surface area contributed by atoms with Crippen LogP contribution in [-0.4, -0.2) is 29.7 Å². The van der Waals surface area contributed by atoms with Crippen molar-refractivity contribution in [3.63, 3.8) is 0 Å². The molecule has 0 saturated carbocycles. The summed E-state index contributed by atoms with van der Waals surface area (Å²) in [5.74, 6) is -0.775. The first kappa shape index (κ1) is 10.5. The molecule has 0 aromatic heterocycles. The Morgan fingerprint density at radius 1 is 1.41 bits per heavy atom. The van der Waals surface area contributed by atoms with Crippen LogP contribution in [0.3, 0.4) is 0 Å². The quantitative estimate of drug-likeness (QED) is 0.695. The Labute approximate surface area is 98.7 Å². The first-order valence-corrected chi connectivity index (χ1v) is 5.88. The molecule has 0 bridgehead atoms. The van der Waals surface area contributed by atoms with Gasteiger partial charge in [-0.25, -0.2) is 0 Å². The lowest BCUT2D eigenvalue weighted by Gasteiger charge is -2.11. The van der Waals surface area contributed by atoms with Crippen LogP contribution in [0.1, 0.15) is 12.8 Å². The molecule has 2 heterocycles. The molecule has 2 N–H and O–H groups in total. The number of carboxylic acids is 1. The third kappa shape index (κ3) is 1.74. The summed E-state index contributed by atoms with van der Waals surface area (Å²) in [5, 5.41) is 14.3. The van der Waals surface area contributed by atoms with E-state index in [1.165, 1.54) is 5.57 Å². The molecule has 88 valence electrons. The molecule has 0 aliphatic carbocycles. The van der Waals surface area contributed by atoms with Crippen molar-refractivity contribution >= 4 is 11.5 Å². The number of fused-ring (bicyclic) bond motifs is 2. The monoisotopic (exact) mass is 230 g/mol. The predicted molar refractivity (Wildman–Crippen MR) is 63.1 cm³/mol. The van der Waals surface area contributed by atoms with E-state index in [-0.39, 0.29) is 6.04 Å². The highest BCUT2D eigenvalue weighted by Gasteiger charge is 2.28. The maximum absolute atomic E-state index is 11.1. The van der Waals surface area contributed by atoms with Gasteiger partial charge in [-0.2, -0.15) is 0 Å². The zero-order valence-electron chi connectivity index (χ0n) is 9.39. The van der Waals surface area contributed by atoms with Crippen molar-refractivity contribution in [3.05, 3.63) is 34.8 Å². The number of carbonyl (C=O) groups is 1. The van der Waals surface area contributed by atoms with E-state index in [0.717, 1.165) is 17.0 Å². The molecule has 2 unspecified atom stereocenters. The zero-order valence-corrected chi connectivity index (χ0v) is 9.39. The van der Waals surface area contributed by atoms with E-state index in [4.69, 9.17) is 5.11 Å². The standard InChI is InChI=1S/C13H14N2O2/c16-13(17)12-7-9-8-3-1-2-4-10(8)15-11(9)5-6-14-12/h1-4,11-12,14H,5-7H2,(H,16,17). The minimum Gasteiger partial charge on any atom is -0.480 e. The summed E-state index contributed by atoms with van der Waals surface area (Å²) in [6, 6.07) is 7.69. The van der Waals surface area contributed by atoms with Crippen LogP contribution in [0.4, 0.5) is 0 Å². The van der Waals surface area contributed by atoms with Gasteiger partial charge in [-0.3, -0.25) is 9.79 Å². The van der Waals surface area contributed by atoms with Crippen LogP contribution >= 0.6 is 0 Å². The maximum atomic E-state index is 11.1. The summed E-state index contributed by atoms with van der Waals surface area (Å²) in [7, 11) is 0. The second kappa shape index (κ2) is 3.96. The van der Waals surface area contributed by atoms with Gasteiger partial charge in [-0.05, 0) is 31.0 Å². The third-order valence-corrected chi connectivity index (χ3v) is 3.48. The van der Waals surface area contributed by atoms with Crippen molar-refractivity contribution in [2.24, 2.45) is 4.99 Å². The zero-order chi connectivity index (χ0) is 11.8. The van der Waals surface area contributed by atoms with Crippen molar-refractivity contribution in [2.45, 2.75) is 24.9 Å². The van der Waals surface area contributed by atoms with Gasteiger partial charge in [0.15, 0.2) is 0 Å². The van der Waals surface area contributed by atoms with Crippen molar-refractivity contribution in [1.82, 2.24) is 5.32 Å². The average molecular weight is 230 g/mol. The van der Waals surface area contributed by atoms with Crippen LogP contribution in [0.5, 0.6) is 0 Å². The predicted octanol–water partition coefficient (Wildman–Crippen LogP) is -0.324. The molecule has 17 heavy (non-hydrogen) atoms. The van der Waals surface area contributed by atoms with Crippen LogP contribution in [0.25, 0.3) is 5.57 Å². The Morgan fingerprint density at radius 2 is 2.24 bits per heavy atom. The summed E-state index contributed by atoms with van der Waals surface area (Å²) in [6.45, 7) is 0.711. The molecular formula is C13H14N2O2. The van der Waals surface area contributed by atoms with E-state index >= 15 is 0 Å². The number of hydrogen-bond acceptors (Lipinski definition) is 3. The van der Waals surface area contributed by atoms with Crippen LogP contribution in [-0.2, 0) is 4.79 Å². The number of hydrogen-bond donors (Lipinski definition) is 2. The van der Waals surface area contributed by atoms with Gasteiger partial charge in [0.2, 0.25) is 0 Å². The topological polar surface area (TPSA) is 61.7 Å². The van der Waals surface area contributed by atoms with Gasteiger partial charge in [0.25, 0.3) is 0 Å². The van der Waals surface area contributed by atoms with Crippen molar-refractivity contribution in [1.29, 1.82) is 0 Å². The highest BCUT2D eigenvalue weighted by atomic mass is 16.4. The van der Waals surface area contributed by atoms with Crippen molar-refractivity contribution in [2.75, 3.05) is 6.54 Å². The lowest BCUT2D eigenvalue weighted by Crippen LogP contribution is -2.36. The minimum atomic E-state index is -0.775. The Hall–Kier alpha value is -1.68. The molecule has 1 fully saturated rings. The number of carboxylic acid groups (broad SMARTS) is 1. The Bertz CT molecular complexity index is 579. The number of para-hydroxylation sites is 1. The minimum absolute atomic E-state index is 0.171. The smallest absolute Gasteiger partial charge is 0.321 e. The van der Waals surface area contributed by atoms with E-state index in [1.54, 1.807) is 0 Å². The normalized spacial score (nSPS) is 26.7. The van der Waals surface area contributed by atoms with Gasteiger partial charge in [0, 0.05) is 5.22 Å². The molecule has 0 radical (unpaired) electrons. The highest BCUT2D eigenvalue weighted by Crippen LogP contribution is 2.21. The SMILES string of the molecule is O=C(O)C1CC2=c3ccccc3=NC2CCN1. The third-order valence-electron chi connectivity index (χ3n) is 3.48. The van der Waals surface area contributed by atoms with E-state index in [1.807, 2.05) is 24.3 Å². The second-order valence-electron chi connectivity index (χ2n) is 4.53. The van der Waals surface area contributed by atoms with Gasteiger partial charge in [-0.1, -0.05) is 18.2 Å². The Morgan fingerprint density at radius 3 is 3.06 bits per heavy atom. The lowest BCUT2D eigenvalue weighted by atomic mass is 9.99. The van der Waals surface area contributed by atoms with E-state index in [0.29, 0.717) is 13.0 Å². The van der Waals surface area contributed by atoms with Crippen molar-refractivity contribution in [3.8, 4) is 0 Å². The number of rotatable bonds is 1. The molecule has 0 amide bonds. The number of aliphatic carboxylic acids is 1. The molecule has 1 aromatic rings. The van der Waals surface area contributed by atoms with Gasteiger partial charge in [0.05, 0.1) is 11.4 Å². The van der Waals surface area contributed by atoms with Gasteiger partial charge >= 0.3 is 5.97 Å². The highest BCUT2D eigenvalue weighted by molar-refractivity contribution is 5.76.